The van der Waals surface area contributed by atoms with Crippen LogP contribution in [0.5, 0.6) is 0 Å². The monoisotopic (exact) mass is 556 g/mol. The third-order valence-corrected chi connectivity index (χ3v) is 12.1. The average Bonchev–Trinajstić information content (AvgIpc) is 3.16. The molecule has 6 rings (SSSR count). The lowest BCUT2D eigenvalue weighted by molar-refractivity contribution is -0.216. The van der Waals surface area contributed by atoms with Crippen LogP contribution in [0.2, 0.25) is 0 Å². The molecule has 4 bridgehead atoms. The first-order valence-corrected chi connectivity index (χ1v) is 15.6. The first-order valence-electron chi connectivity index (χ1n) is 15.6. The highest BCUT2D eigenvalue weighted by Gasteiger charge is 2.90. The lowest BCUT2D eigenvalue weighted by atomic mass is 9.27. The molecule has 1 aromatic carbocycles. The van der Waals surface area contributed by atoms with E-state index in [9.17, 15) is 4.79 Å². The van der Waals surface area contributed by atoms with Gasteiger partial charge in [0.05, 0.1) is 10.8 Å². The maximum absolute atomic E-state index is 15.2. The SMILES string of the molecule is CC(C)=CCC/C(C)=C/C[C@@]12C[C@H]3[C@H]4C(C)(C)[C@H](C(C)C)C[C@]4(C1=O)C(=O)[C@@](C(=O)c1ccccc1)(C2=O)C3(C)C. The summed E-state index contributed by atoms with van der Waals surface area (Å²) in [5.74, 6) is -1.28. The quantitative estimate of drug-likeness (QED) is 0.185. The van der Waals surface area contributed by atoms with Crippen LogP contribution in [0, 0.1) is 50.7 Å². The lowest BCUT2D eigenvalue weighted by Gasteiger charge is -2.71. The third-order valence-electron chi connectivity index (χ3n) is 12.1. The minimum absolute atomic E-state index is 0.0959. The van der Waals surface area contributed by atoms with Gasteiger partial charge in [-0.2, -0.15) is 0 Å². The highest BCUT2D eigenvalue weighted by molar-refractivity contribution is 6.42. The summed E-state index contributed by atoms with van der Waals surface area (Å²) < 4.78 is 0. The average molecular weight is 557 g/mol. The fourth-order valence-corrected chi connectivity index (χ4v) is 10.3. The van der Waals surface area contributed by atoms with Gasteiger partial charge in [0, 0.05) is 5.56 Å². The summed E-state index contributed by atoms with van der Waals surface area (Å²) >= 11 is 0. The van der Waals surface area contributed by atoms with Crippen molar-refractivity contribution in [1.29, 1.82) is 0 Å². The number of Topliss-reactive ketones (excluding diaryl/α,β-unsaturated/α-hetero) is 4. The molecule has 0 N–H and O–H groups in total. The normalized spacial score (nSPS) is 36.6. The smallest absolute Gasteiger partial charge is 0.184 e. The van der Waals surface area contributed by atoms with Crippen molar-refractivity contribution in [1.82, 2.24) is 0 Å². The van der Waals surface area contributed by atoms with E-state index >= 15 is 14.4 Å². The van der Waals surface area contributed by atoms with E-state index in [0.717, 1.165) is 18.4 Å². The molecule has 0 heterocycles. The topological polar surface area (TPSA) is 68.3 Å². The largest absolute Gasteiger partial charge is 0.297 e. The molecule has 0 aliphatic heterocycles. The summed E-state index contributed by atoms with van der Waals surface area (Å²) in [6, 6.07) is 8.82. The van der Waals surface area contributed by atoms with Gasteiger partial charge in [0.1, 0.15) is 0 Å². The molecule has 0 saturated heterocycles. The Hall–Kier alpha value is -2.62. The summed E-state index contributed by atoms with van der Waals surface area (Å²) in [6.45, 7) is 19.0. The number of carbonyl (C=O) groups excluding carboxylic acids is 4. The Bertz CT molecular complexity index is 1370. The van der Waals surface area contributed by atoms with Gasteiger partial charge >= 0.3 is 0 Å². The van der Waals surface area contributed by atoms with Gasteiger partial charge in [-0.25, -0.2) is 0 Å². The Balaban J connectivity index is 1.74. The molecule has 5 fully saturated rings. The number of ketones is 4. The molecule has 1 spiro atoms. The molecule has 4 nitrogen and oxygen atoms in total. The Morgan fingerprint density at radius 2 is 1.54 bits per heavy atom. The number of benzene rings is 1. The van der Waals surface area contributed by atoms with Crippen LogP contribution in [0.15, 0.2) is 53.6 Å². The third kappa shape index (κ3) is 3.58. The molecule has 0 radical (unpaired) electrons. The molecule has 5 aliphatic rings. The van der Waals surface area contributed by atoms with E-state index < -0.39 is 39.0 Å². The molecule has 0 amide bonds. The molecule has 1 aromatic rings. The van der Waals surface area contributed by atoms with Crippen LogP contribution >= 0.6 is 0 Å². The number of rotatable bonds is 8. The van der Waals surface area contributed by atoms with Crippen molar-refractivity contribution in [2.45, 2.75) is 94.4 Å². The van der Waals surface area contributed by atoms with Crippen LogP contribution in [0.3, 0.4) is 0 Å². The lowest BCUT2D eigenvalue weighted by Crippen LogP contribution is -2.83. The van der Waals surface area contributed by atoms with Crippen LogP contribution in [0.4, 0.5) is 0 Å². The van der Waals surface area contributed by atoms with Gasteiger partial charge in [0.15, 0.2) is 28.5 Å². The zero-order valence-electron chi connectivity index (χ0n) is 26.5. The molecule has 5 aliphatic carbocycles. The highest BCUT2D eigenvalue weighted by Crippen LogP contribution is 2.81. The highest BCUT2D eigenvalue weighted by atomic mass is 16.2. The van der Waals surface area contributed by atoms with Crippen LogP contribution in [0.25, 0.3) is 0 Å². The maximum Gasteiger partial charge on any atom is 0.184 e. The fourth-order valence-electron chi connectivity index (χ4n) is 10.3. The summed E-state index contributed by atoms with van der Waals surface area (Å²) in [4.78, 5) is 60.0. The van der Waals surface area contributed by atoms with Crippen molar-refractivity contribution in [3.05, 3.63) is 59.2 Å². The molecule has 0 aromatic heterocycles. The van der Waals surface area contributed by atoms with E-state index in [2.05, 4.69) is 60.6 Å². The van der Waals surface area contributed by atoms with E-state index in [0.29, 0.717) is 18.4 Å². The molecule has 5 saturated carbocycles. The van der Waals surface area contributed by atoms with Gasteiger partial charge in [-0.1, -0.05) is 95.2 Å². The zero-order chi connectivity index (χ0) is 30.3. The first kappa shape index (κ1) is 29.9. The van der Waals surface area contributed by atoms with Gasteiger partial charge in [-0.3, -0.25) is 19.2 Å². The summed E-state index contributed by atoms with van der Waals surface area (Å²) in [5, 5.41) is 0. The minimum atomic E-state index is -1.85. The van der Waals surface area contributed by atoms with Crippen LogP contribution in [-0.4, -0.2) is 23.1 Å². The fraction of sp³-hybridized carbons (Fsp3) is 0.622. The second-order valence-corrected chi connectivity index (χ2v) is 15.4. The number of allylic oxidation sites excluding steroid dienone is 4. The summed E-state index contributed by atoms with van der Waals surface area (Å²) in [6.07, 6.45) is 7.15. The second kappa shape index (κ2) is 9.44. The van der Waals surface area contributed by atoms with Crippen LogP contribution in [-0.2, 0) is 14.4 Å². The van der Waals surface area contributed by atoms with E-state index in [4.69, 9.17) is 0 Å². The van der Waals surface area contributed by atoms with Gasteiger partial charge < -0.3 is 0 Å². The minimum Gasteiger partial charge on any atom is -0.297 e. The Morgan fingerprint density at radius 1 is 0.902 bits per heavy atom. The molecular formula is C37H48O4. The molecule has 41 heavy (non-hydrogen) atoms. The molecular weight excluding hydrogens is 508 g/mol. The van der Waals surface area contributed by atoms with Crippen molar-refractivity contribution in [3.8, 4) is 0 Å². The predicted molar refractivity (Wildman–Crippen MR) is 162 cm³/mol. The van der Waals surface area contributed by atoms with E-state index in [1.807, 2.05) is 19.9 Å². The Labute approximate surface area is 246 Å². The van der Waals surface area contributed by atoms with Gasteiger partial charge in [-0.15, -0.1) is 0 Å². The first-order chi connectivity index (χ1) is 19.0. The van der Waals surface area contributed by atoms with Crippen molar-refractivity contribution >= 4 is 23.1 Å². The number of hydrogen-bond donors (Lipinski definition) is 0. The standard InChI is InChI=1S/C37H48O4/c1-22(2)14-13-15-24(5)18-19-35-20-27-28-33(6,7)26(23(3)4)21-36(28,30(35)39)32(41)37(31(35)40,34(27,8)9)29(38)25-16-11-10-12-17-25/h10-12,14,16-18,23,26-28H,13,15,19-21H2,1-9H3/b24-18+/t26-,27-,28-,35+,36-,37+/m0/s1. The van der Waals surface area contributed by atoms with Gasteiger partial charge in [-0.05, 0) is 87.4 Å². The number of hydrogen-bond acceptors (Lipinski definition) is 4. The summed E-state index contributed by atoms with van der Waals surface area (Å²) in [7, 11) is 0. The van der Waals surface area contributed by atoms with Crippen molar-refractivity contribution in [2.24, 2.45) is 50.7 Å². The van der Waals surface area contributed by atoms with Crippen LogP contribution in [0.1, 0.15) is 105 Å². The molecule has 6 atom stereocenters. The molecule has 4 heteroatoms. The Morgan fingerprint density at radius 3 is 2.12 bits per heavy atom. The van der Waals surface area contributed by atoms with Crippen molar-refractivity contribution in [3.63, 3.8) is 0 Å². The predicted octanol–water partition coefficient (Wildman–Crippen LogP) is 8.01. The van der Waals surface area contributed by atoms with Crippen molar-refractivity contribution in [2.75, 3.05) is 0 Å². The zero-order valence-corrected chi connectivity index (χ0v) is 26.5. The van der Waals surface area contributed by atoms with E-state index in [-0.39, 0.29) is 41.3 Å². The van der Waals surface area contributed by atoms with E-state index in [1.54, 1.807) is 24.3 Å². The van der Waals surface area contributed by atoms with E-state index in [1.165, 1.54) is 5.57 Å². The summed E-state index contributed by atoms with van der Waals surface area (Å²) in [5.41, 5.74) is -2.88. The number of carbonyl (C=O) groups is 4. The van der Waals surface area contributed by atoms with Gasteiger partial charge in [0.2, 0.25) is 0 Å². The maximum atomic E-state index is 15.2. The van der Waals surface area contributed by atoms with Gasteiger partial charge in [0.25, 0.3) is 0 Å². The Kier molecular flexibility index (Phi) is 6.88. The van der Waals surface area contributed by atoms with Crippen molar-refractivity contribution < 1.29 is 19.2 Å². The molecule has 0 unspecified atom stereocenters. The molecule has 220 valence electrons. The van der Waals surface area contributed by atoms with Crippen LogP contribution < -0.4 is 0 Å². The second-order valence-electron chi connectivity index (χ2n) is 15.4.